The molecule has 3 nitrogen and oxygen atoms in total. The van der Waals surface area contributed by atoms with Crippen molar-refractivity contribution in [2.45, 2.75) is 13.5 Å². The molecular formula is C15H14FNO2. The molecule has 0 radical (unpaired) electrons. The van der Waals surface area contributed by atoms with Gasteiger partial charge >= 0.3 is 0 Å². The lowest BCUT2D eigenvalue weighted by Crippen LogP contribution is -2.11. The number of carbonyl (C=O) groups excluding carboxylic acids is 1. The number of carbonyl (C=O) groups is 1. The highest BCUT2D eigenvalue weighted by Crippen LogP contribution is 2.19. The molecule has 0 saturated carbocycles. The van der Waals surface area contributed by atoms with Gasteiger partial charge in [-0.3, -0.25) is 4.79 Å². The molecule has 0 spiro atoms. The summed E-state index contributed by atoms with van der Waals surface area (Å²) in [6, 6.07) is 11.3. The number of nitrogens with two attached hydrogens (primary N) is 1. The molecule has 2 aromatic carbocycles. The molecule has 2 N–H and O–H groups in total. The van der Waals surface area contributed by atoms with Crippen molar-refractivity contribution >= 4 is 5.91 Å². The molecule has 0 fully saturated rings. The molecule has 0 aliphatic carbocycles. The Hall–Kier alpha value is -2.36. The van der Waals surface area contributed by atoms with E-state index in [0.717, 1.165) is 11.1 Å². The molecule has 0 aromatic heterocycles. The summed E-state index contributed by atoms with van der Waals surface area (Å²) in [5.74, 6) is -0.147. The van der Waals surface area contributed by atoms with Crippen LogP contribution in [-0.2, 0) is 6.61 Å². The maximum Gasteiger partial charge on any atom is 0.248 e. The fourth-order valence-corrected chi connectivity index (χ4v) is 1.75. The maximum atomic E-state index is 12.9. The van der Waals surface area contributed by atoms with Crippen LogP contribution in [0.2, 0.25) is 0 Å². The van der Waals surface area contributed by atoms with E-state index in [4.69, 9.17) is 10.5 Å². The minimum atomic E-state index is -0.472. The lowest BCUT2D eigenvalue weighted by atomic mass is 10.1. The summed E-state index contributed by atoms with van der Waals surface area (Å²) < 4.78 is 18.5. The smallest absolute Gasteiger partial charge is 0.248 e. The van der Waals surface area contributed by atoms with Gasteiger partial charge in [0.2, 0.25) is 5.91 Å². The molecule has 0 atom stereocenters. The fraction of sp³-hybridized carbons (Fsp3) is 0.133. The van der Waals surface area contributed by atoms with Crippen molar-refractivity contribution in [3.8, 4) is 5.75 Å². The first-order chi connectivity index (χ1) is 9.06. The van der Waals surface area contributed by atoms with Crippen LogP contribution in [0.5, 0.6) is 5.75 Å². The molecule has 19 heavy (non-hydrogen) atoms. The van der Waals surface area contributed by atoms with Crippen LogP contribution in [0.1, 0.15) is 21.5 Å². The fourth-order valence-electron chi connectivity index (χ4n) is 1.75. The van der Waals surface area contributed by atoms with Gasteiger partial charge in [-0.15, -0.1) is 0 Å². The van der Waals surface area contributed by atoms with Crippen LogP contribution < -0.4 is 10.5 Å². The van der Waals surface area contributed by atoms with Crippen LogP contribution in [0.15, 0.2) is 42.5 Å². The van der Waals surface area contributed by atoms with Crippen molar-refractivity contribution in [1.29, 1.82) is 0 Å². The second-order valence-electron chi connectivity index (χ2n) is 4.26. The molecular weight excluding hydrogens is 245 g/mol. The molecule has 2 rings (SSSR count). The monoisotopic (exact) mass is 259 g/mol. The van der Waals surface area contributed by atoms with E-state index in [1.807, 2.05) is 6.07 Å². The topological polar surface area (TPSA) is 52.3 Å². The highest BCUT2D eigenvalue weighted by atomic mass is 19.1. The van der Waals surface area contributed by atoms with E-state index in [9.17, 15) is 9.18 Å². The number of aryl methyl sites for hydroxylation is 1. The van der Waals surface area contributed by atoms with Crippen LogP contribution in [0.4, 0.5) is 4.39 Å². The number of halogens is 1. The highest BCUT2D eigenvalue weighted by Gasteiger charge is 2.04. The Morgan fingerprint density at radius 1 is 1.26 bits per heavy atom. The number of amides is 1. The number of hydrogen-bond acceptors (Lipinski definition) is 2. The molecule has 1 amide bonds. The van der Waals surface area contributed by atoms with Gasteiger partial charge < -0.3 is 10.5 Å². The molecule has 4 heteroatoms. The second-order valence-corrected chi connectivity index (χ2v) is 4.26. The first kappa shape index (κ1) is 13.1. The number of primary amides is 1. The van der Waals surface area contributed by atoms with E-state index >= 15 is 0 Å². The Bertz CT molecular complexity index is 611. The second kappa shape index (κ2) is 5.52. The van der Waals surface area contributed by atoms with E-state index in [-0.39, 0.29) is 5.82 Å². The number of benzene rings is 2. The van der Waals surface area contributed by atoms with E-state index in [0.29, 0.717) is 17.9 Å². The molecule has 0 bridgehead atoms. The summed E-state index contributed by atoms with van der Waals surface area (Å²) >= 11 is 0. The van der Waals surface area contributed by atoms with Gasteiger partial charge in [0.1, 0.15) is 18.2 Å². The first-order valence-electron chi connectivity index (χ1n) is 5.84. The minimum Gasteiger partial charge on any atom is -0.489 e. The van der Waals surface area contributed by atoms with E-state index < -0.39 is 5.91 Å². The van der Waals surface area contributed by atoms with Crippen LogP contribution in [0, 0.1) is 12.7 Å². The zero-order valence-corrected chi connectivity index (χ0v) is 10.5. The summed E-state index contributed by atoms with van der Waals surface area (Å²) in [4.78, 5) is 11.1. The number of hydrogen-bond donors (Lipinski definition) is 1. The van der Waals surface area contributed by atoms with Gasteiger partial charge in [0, 0.05) is 5.56 Å². The van der Waals surface area contributed by atoms with Gasteiger partial charge in [0.05, 0.1) is 0 Å². The molecule has 2 aromatic rings. The third kappa shape index (κ3) is 3.31. The molecule has 0 aliphatic rings. The van der Waals surface area contributed by atoms with Gasteiger partial charge in [-0.25, -0.2) is 4.39 Å². The van der Waals surface area contributed by atoms with Crippen LogP contribution in [0.3, 0.4) is 0 Å². The Morgan fingerprint density at radius 3 is 2.74 bits per heavy atom. The van der Waals surface area contributed by atoms with Crippen molar-refractivity contribution in [2.75, 3.05) is 0 Å². The third-order valence-electron chi connectivity index (χ3n) is 2.74. The SMILES string of the molecule is Cc1cc(F)ccc1OCc1cccc(C(N)=O)c1. The molecule has 0 heterocycles. The summed E-state index contributed by atoms with van der Waals surface area (Å²) in [7, 11) is 0. The third-order valence-corrected chi connectivity index (χ3v) is 2.74. The molecule has 0 unspecified atom stereocenters. The van der Waals surface area contributed by atoms with Crippen molar-refractivity contribution in [1.82, 2.24) is 0 Å². The zero-order valence-electron chi connectivity index (χ0n) is 10.5. The van der Waals surface area contributed by atoms with E-state index in [1.54, 1.807) is 31.2 Å². The predicted octanol–water partition coefficient (Wildman–Crippen LogP) is 2.81. The summed E-state index contributed by atoms with van der Waals surface area (Å²) in [6.45, 7) is 2.08. The first-order valence-corrected chi connectivity index (χ1v) is 5.84. The van der Waals surface area contributed by atoms with Crippen molar-refractivity contribution < 1.29 is 13.9 Å². The Kier molecular flexibility index (Phi) is 3.80. The van der Waals surface area contributed by atoms with Gasteiger partial charge in [0.25, 0.3) is 0 Å². The molecule has 0 aliphatic heterocycles. The Balaban J connectivity index is 2.10. The van der Waals surface area contributed by atoms with Crippen LogP contribution >= 0.6 is 0 Å². The molecule has 0 saturated heterocycles. The van der Waals surface area contributed by atoms with E-state index in [2.05, 4.69) is 0 Å². The van der Waals surface area contributed by atoms with Gasteiger partial charge in [-0.1, -0.05) is 12.1 Å². The predicted molar refractivity (Wildman–Crippen MR) is 70.4 cm³/mol. The van der Waals surface area contributed by atoms with Gasteiger partial charge in [0.15, 0.2) is 0 Å². The average molecular weight is 259 g/mol. The van der Waals surface area contributed by atoms with Crippen molar-refractivity contribution in [2.24, 2.45) is 5.73 Å². The Labute approximate surface area is 110 Å². The average Bonchev–Trinajstić information content (AvgIpc) is 2.38. The highest BCUT2D eigenvalue weighted by molar-refractivity contribution is 5.92. The number of rotatable bonds is 4. The summed E-state index contributed by atoms with van der Waals surface area (Å²) in [5.41, 5.74) is 7.21. The summed E-state index contributed by atoms with van der Waals surface area (Å²) in [6.07, 6.45) is 0. The quantitative estimate of drug-likeness (QED) is 0.917. The van der Waals surface area contributed by atoms with Gasteiger partial charge in [-0.05, 0) is 48.4 Å². The van der Waals surface area contributed by atoms with Crippen molar-refractivity contribution in [3.05, 3.63) is 65.0 Å². The summed E-state index contributed by atoms with van der Waals surface area (Å²) in [5, 5.41) is 0. The van der Waals surface area contributed by atoms with Crippen LogP contribution in [0.25, 0.3) is 0 Å². The lowest BCUT2D eigenvalue weighted by Gasteiger charge is -2.09. The maximum absolute atomic E-state index is 12.9. The minimum absolute atomic E-state index is 0.291. The van der Waals surface area contributed by atoms with Crippen LogP contribution in [-0.4, -0.2) is 5.91 Å². The van der Waals surface area contributed by atoms with E-state index in [1.165, 1.54) is 12.1 Å². The standard InChI is InChI=1S/C15H14FNO2/c1-10-7-13(16)5-6-14(10)19-9-11-3-2-4-12(8-11)15(17)18/h2-8H,9H2,1H3,(H2,17,18). The Morgan fingerprint density at radius 2 is 2.05 bits per heavy atom. The largest absolute Gasteiger partial charge is 0.489 e. The van der Waals surface area contributed by atoms with Crippen molar-refractivity contribution in [3.63, 3.8) is 0 Å². The molecule has 98 valence electrons. The normalized spacial score (nSPS) is 10.2. The zero-order chi connectivity index (χ0) is 13.8. The lowest BCUT2D eigenvalue weighted by molar-refractivity contribution is 0.1000. The van der Waals surface area contributed by atoms with Gasteiger partial charge in [-0.2, -0.15) is 0 Å². The number of ether oxygens (including phenoxy) is 1.